The van der Waals surface area contributed by atoms with E-state index in [1.807, 2.05) is 13.8 Å². The van der Waals surface area contributed by atoms with Gasteiger partial charge in [0.1, 0.15) is 16.3 Å². The fourth-order valence-electron chi connectivity index (χ4n) is 2.53. The predicted molar refractivity (Wildman–Crippen MR) is 109 cm³/mol. The van der Waals surface area contributed by atoms with Crippen LogP contribution in [-0.4, -0.2) is 35.8 Å². The molecule has 0 spiro atoms. The molecule has 142 valence electrons. The van der Waals surface area contributed by atoms with E-state index in [4.69, 9.17) is 9.47 Å². The Bertz CT molecular complexity index is 1060. The first-order valence-electron chi connectivity index (χ1n) is 8.07. The number of amides is 1. The van der Waals surface area contributed by atoms with Gasteiger partial charge in [0.25, 0.3) is 5.56 Å². The van der Waals surface area contributed by atoms with Crippen molar-refractivity contribution in [2.75, 3.05) is 25.3 Å². The fraction of sp³-hybridized carbons (Fsp3) is 0.278. The molecule has 1 aromatic carbocycles. The van der Waals surface area contributed by atoms with Crippen molar-refractivity contribution in [3.05, 3.63) is 39.0 Å². The summed E-state index contributed by atoms with van der Waals surface area (Å²) >= 11 is 2.65. The lowest BCUT2D eigenvalue weighted by atomic mass is 10.2. The molecule has 0 atom stereocenters. The van der Waals surface area contributed by atoms with Crippen molar-refractivity contribution >= 4 is 44.9 Å². The number of hydrogen-bond acceptors (Lipinski definition) is 7. The van der Waals surface area contributed by atoms with E-state index >= 15 is 0 Å². The molecule has 0 aliphatic rings. The van der Waals surface area contributed by atoms with Gasteiger partial charge in [-0.2, -0.15) is 0 Å². The Labute approximate surface area is 164 Å². The topological polar surface area (TPSA) is 93.3 Å². The molecule has 0 saturated heterocycles. The standard InChI is InChI=1S/C18H19N3O4S2/c1-9-10(2)27-17-15(9)16(23)20-18(21-17)26-8-14(22)19-12-6-5-11(24-3)7-13(12)25-4/h5-7H,8H2,1-4H3,(H,19,22)(H,20,21,23). The zero-order chi connectivity index (χ0) is 19.6. The smallest absolute Gasteiger partial charge is 0.260 e. The summed E-state index contributed by atoms with van der Waals surface area (Å²) in [6, 6.07) is 5.14. The van der Waals surface area contributed by atoms with Crippen LogP contribution in [-0.2, 0) is 4.79 Å². The minimum absolute atomic E-state index is 0.104. The van der Waals surface area contributed by atoms with E-state index in [9.17, 15) is 9.59 Å². The van der Waals surface area contributed by atoms with E-state index < -0.39 is 0 Å². The van der Waals surface area contributed by atoms with E-state index in [-0.39, 0.29) is 17.2 Å². The highest BCUT2D eigenvalue weighted by Crippen LogP contribution is 2.30. The monoisotopic (exact) mass is 405 g/mol. The van der Waals surface area contributed by atoms with Crippen molar-refractivity contribution in [1.29, 1.82) is 0 Å². The van der Waals surface area contributed by atoms with Crippen LogP contribution in [0, 0.1) is 13.8 Å². The van der Waals surface area contributed by atoms with Crippen molar-refractivity contribution < 1.29 is 14.3 Å². The minimum atomic E-state index is -0.232. The lowest BCUT2D eigenvalue weighted by Crippen LogP contribution is -2.16. The van der Waals surface area contributed by atoms with Gasteiger partial charge in [0.05, 0.1) is 31.0 Å². The number of fused-ring (bicyclic) bond motifs is 1. The second-order valence-corrected chi connectivity index (χ2v) is 7.90. The van der Waals surface area contributed by atoms with E-state index in [2.05, 4.69) is 15.3 Å². The van der Waals surface area contributed by atoms with Crippen molar-refractivity contribution in [3.8, 4) is 11.5 Å². The summed E-state index contributed by atoms with van der Waals surface area (Å²) in [7, 11) is 3.08. The average Bonchev–Trinajstić information content (AvgIpc) is 2.94. The van der Waals surface area contributed by atoms with Gasteiger partial charge in [-0.15, -0.1) is 11.3 Å². The van der Waals surface area contributed by atoms with Gasteiger partial charge in [-0.3, -0.25) is 9.59 Å². The van der Waals surface area contributed by atoms with Crippen LogP contribution in [0.1, 0.15) is 10.4 Å². The molecule has 7 nitrogen and oxygen atoms in total. The Morgan fingerprint density at radius 3 is 2.78 bits per heavy atom. The maximum atomic E-state index is 12.3. The molecule has 2 N–H and O–H groups in total. The second kappa shape index (κ2) is 8.01. The van der Waals surface area contributed by atoms with Gasteiger partial charge in [-0.1, -0.05) is 11.8 Å². The summed E-state index contributed by atoms with van der Waals surface area (Å²) in [5, 5.41) is 3.83. The molecule has 27 heavy (non-hydrogen) atoms. The van der Waals surface area contributed by atoms with Crippen LogP contribution in [0.4, 0.5) is 5.69 Å². The largest absolute Gasteiger partial charge is 0.497 e. The van der Waals surface area contributed by atoms with Gasteiger partial charge in [-0.05, 0) is 31.5 Å². The molecule has 0 aliphatic heterocycles. The zero-order valence-electron chi connectivity index (χ0n) is 15.3. The number of rotatable bonds is 6. The molecule has 0 saturated carbocycles. The van der Waals surface area contributed by atoms with E-state index in [0.717, 1.165) is 10.4 Å². The van der Waals surface area contributed by atoms with Gasteiger partial charge >= 0.3 is 0 Å². The van der Waals surface area contributed by atoms with Gasteiger partial charge < -0.3 is 19.8 Å². The summed E-state index contributed by atoms with van der Waals surface area (Å²) in [4.78, 5) is 33.5. The van der Waals surface area contributed by atoms with Crippen molar-refractivity contribution in [2.45, 2.75) is 19.0 Å². The number of carbonyl (C=O) groups is 1. The molecule has 0 radical (unpaired) electrons. The Balaban J connectivity index is 1.71. The van der Waals surface area contributed by atoms with E-state index in [1.54, 1.807) is 25.3 Å². The van der Waals surface area contributed by atoms with Crippen LogP contribution in [0.5, 0.6) is 11.5 Å². The number of H-pyrrole nitrogens is 1. The van der Waals surface area contributed by atoms with E-state index in [1.165, 1.54) is 30.2 Å². The molecule has 2 aromatic heterocycles. The van der Waals surface area contributed by atoms with Crippen molar-refractivity contribution in [1.82, 2.24) is 9.97 Å². The van der Waals surface area contributed by atoms with Gasteiger partial charge in [0.15, 0.2) is 5.16 Å². The van der Waals surface area contributed by atoms with Gasteiger partial charge in [0, 0.05) is 10.9 Å². The summed E-state index contributed by atoms with van der Waals surface area (Å²) in [6.07, 6.45) is 0. The number of nitrogens with zero attached hydrogens (tertiary/aromatic N) is 1. The maximum Gasteiger partial charge on any atom is 0.260 e. The van der Waals surface area contributed by atoms with Crippen LogP contribution in [0.2, 0.25) is 0 Å². The number of thioether (sulfide) groups is 1. The molecule has 9 heteroatoms. The number of nitrogens with one attached hydrogen (secondary N) is 2. The first kappa shape index (κ1) is 19.2. The Kier molecular flexibility index (Phi) is 5.71. The summed E-state index contributed by atoms with van der Waals surface area (Å²) in [5.41, 5.74) is 1.32. The molecular formula is C18H19N3O4S2. The lowest BCUT2D eigenvalue weighted by molar-refractivity contribution is -0.113. The first-order valence-corrected chi connectivity index (χ1v) is 9.87. The number of aryl methyl sites for hydroxylation is 2. The second-order valence-electron chi connectivity index (χ2n) is 5.74. The SMILES string of the molecule is COc1ccc(NC(=O)CSc2nc3sc(C)c(C)c3c(=O)[nH]2)c(OC)c1. The number of methoxy groups -OCH3 is 2. The number of aromatic amines is 1. The number of ether oxygens (including phenoxy) is 2. The number of benzene rings is 1. The molecule has 0 unspecified atom stereocenters. The van der Waals surface area contributed by atoms with E-state index in [0.29, 0.717) is 32.6 Å². The summed E-state index contributed by atoms with van der Waals surface area (Å²) in [5.74, 6) is 1.01. The highest BCUT2D eigenvalue weighted by atomic mass is 32.2. The van der Waals surface area contributed by atoms with Crippen LogP contribution < -0.4 is 20.3 Å². The first-order chi connectivity index (χ1) is 12.9. The number of hydrogen-bond donors (Lipinski definition) is 2. The molecule has 0 bridgehead atoms. The molecule has 3 rings (SSSR count). The van der Waals surface area contributed by atoms with Crippen molar-refractivity contribution in [3.63, 3.8) is 0 Å². The molecule has 1 amide bonds. The quantitative estimate of drug-likeness (QED) is 0.483. The maximum absolute atomic E-state index is 12.3. The highest BCUT2D eigenvalue weighted by molar-refractivity contribution is 7.99. The van der Waals surface area contributed by atoms with Crippen molar-refractivity contribution in [2.24, 2.45) is 0 Å². The normalized spacial score (nSPS) is 10.8. The van der Waals surface area contributed by atoms with Crippen LogP contribution in [0.25, 0.3) is 10.2 Å². The minimum Gasteiger partial charge on any atom is -0.497 e. The highest BCUT2D eigenvalue weighted by Gasteiger charge is 2.14. The Morgan fingerprint density at radius 1 is 1.30 bits per heavy atom. The zero-order valence-corrected chi connectivity index (χ0v) is 17.0. The Hall–Kier alpha value is -2.52. The molecule has 0 fully saturated rings. The number of thiophene rings is 1. The molecular weight excluding hydrogens is 386 g/mol. The molecule has 3 aromatic rings. The van der Waals surface area contributed by atoms with Crippen LogP contribution in [0.3, 0.4) is 0 Å². The predicted octanol–water partition coefficient (Wildman–Crippen LogP) is 3.35. The third-order valence-corrected chi connectivity index (χ3v) is 6.01. The molecule has 0 aliphatic carbocycles. The van der Waals surface area contributed by atoms with Gasteiger partial charge in [-0.25, -0.2) is 4.98 Å². The fourth-order valence-corrected chi connectivity index (χ4v) is 4.27. The Morgan fingerprint density at radius 2 is 2.07 bits per heavy atom. The number of aromatic nitrogens is 2. The lowest BCUT2D eigenvalue weighted by Gasteiger charge is -2.11. The average molecular weight is 406 g/mol. The number of carbonyl (C=O) groups excluding carboxylic acids is 1. The summed E-state index contributed by atoms with van der Waals surface area (Å²) < 4.78 is 10.4. The van der Waals surface area contributed by atoms with Crippen LogP contribution >= 0.6 is 23.1 Å². The van der Waals surface area contributed by atoms with Gasteiger partial charge in [0.2, 0.25) is 5.91 Å². The third kappa shape index (κ3) is 4.09. The summed E-state index contributed by atoms with van der Waals surface area (Å²) in [6.45, 7) is 3.87. The third-order valence-electron chi connectivity index (χ3n) is 4.04. The van der Waals surface area contributed by atoms with Crippen LogP contribution in [0.15, 0.2) is 28.2 Å². The molecule has 2 heterocycles. The number of anilines is 1.